The van der Waals surface area contributed by atoms with Gasteiger partial charge in [0.05, 0.1) is 5.69 Å². The fourth-order valence-corrected chi connectivity index (χ4v) is 3.35. The summed E-state index contributed by atoms with van der Waals surface area (Å²) in [6.07, 6.45) is 11.6. The molecule has 0 N–H and O–H groups in total. The van der Waals surface area contributed by atoms with Gasteiger partial charge in [0.25, 0.3) is 0 Å². The van der Waals surface area contributed by atoms with E-state index in [4.69, 9.17) is 0 Å². The Morgan fingerprint density at radius 3 is 2.80 bits per heavy atom. The third-order valence-corrected chi connectivity index (χ3v) is 4.49. The monoisotopic (exact) mass is 263 g/mol. The number of nitrogens with zero attached hydrogens (tertiary/aromatic N) is 3. The smallest absolute Gasteiger partial charge is 0.0703 e. The Morgan fingerprint density at radius 1 is 1.10 bits per heavy atom. The van der Waals surface area contributed by atoms with E-state index in [1.165, 1.54) is 18.5 Å². The lowest BCUT2D eigenvalue weighted by atomic mass is 9.79. The highest BCUT2D eigenvalue weighted by atomic mass is 15.2. The molecule has 2 atom stereocenters. The standard InChI is InChI=1S/C17H17N3/c1-6-17(7-11-20(10-1)13-17)15-2-3-16(19-12-15)14-4-8-18-9-5-14/h1-6,8-9,12H,7,10-11,13H2. The van der Waals surface area contributed by atoms with Crippen LogP contribution >= 0.6 is 0 Å². The molecule has 2 unspecified atom stereocenters. The summed E-state index contributed by atoms with van der Waals surface area (Å²) in [5.74, 6) is 0. The van der Waals surface area contributed by atoms with E-state index in [2.05, 4.69) is 45.3 Å². The molecule has 2 aliphatic rings. The summed E-state index contributed by atoms with van der Waals surface area (Å²) >= 11 is 0. The summed E-state index contributed by atoms with van der Waals surface area (Å²) in [5, 5.41) is 0. The van der Waals surface area contributed by atoms with Crippen LogP contribution in [0.25, 0.3) is 11.3 Å². The predicted octanol–water partition coefficient (Wildman–Crippen LogP) is 2.66. The molecule has 0 saturated carbocycles. The van der Waals surface area contributed by atoms with Crippen molar-refractivity contribution >= 4 is 0 Å². The lowest BCUT2D eigenvalue weighted by Gasteiger charge is -2.29. The first-order valence-electron chi connectivity index (χ1n) is 7.13. The molecule has 0 radical (unpaired) electrons. The normalized spacial score (nSPS) is 27.7. The summed E-state index contributed by atoms with van der Waals surface area (Å²) in [6.45, 7) is 3.43. The van der Waals surface area contributed by atoms with Crippen molar-refractivity contribution < 1.29 is 0 Å². The third kappa shape index (κ3) is 1.86. The van der Waals surface area contributed by atoms with E-state index in [9.17, 15) is 0 Å². The highest BCUT2D eigenvalue weighted by molar-refractivity contribution is 5.58. The molecule has 0 aliphatic carbocycles. The van der Waals surface area contributed by atoms with E-state index in [0.29, 0.717) is 0 Å². The van der Waals surface area contributed by atoms with Crippen molar-refractivity contribution in [2.45, 2.75) is 11.8 Å². The SMILES string of the molecule is C1=CC2(c3ccc(-c4ccncc4)nc3)CCN(C1)C2. The average molecular weight is 263 g/mol. The third-order valence-electron chi connectivity index (χ3n) is 4.49. The number of hydrogen-bond acceptors (Lipinski definition) is 3. The fourth-order valence-electron chi connectivity index (χ4n) is 3.35. The first-order valence-corrected chi connectivity index (χ1v) is 7.13. The fraction of sp³-hybridized carbons (Fsp3) is 0.294. The van der Waals surface area contributed by atoms with Crippen LogP contribution < -0.4 is 0 Å². The second kappa shape index (κ2) is 4.53. The number of fused-ring (bicyclic) bond motifs is 2. The van der Waals surface area contributed by atoms with Crippen molar-refractivity contribution in [3.8, 4) is 11.3 Å². The lowest BCUT2D eigenvalue weighted by Crippen LogP contribution is -2.33. The minimum atomic E-state index is 0.196. The molecule has 2 aromatic rings. The molecule has 3 nitrogen and oxygen atoms in total. The van der Waals surface area contributed by atoms with E-state index < -0.39 is 0 Å². The number of rotatable bonds is 2. The molecule has 2 aliphatic heterocycles. The minimum absolute atomic E-state index is 0.196. The quantitative estimate of drug-likeness (QED) is 0.780. The van der Waals surface area contributed by atoms with Gasteiger partial charge in [-0.1, -0.05) is 18.2 Å². The highest BCUT2D eigenvalue weighted by Gasteiger charge is 2.39. The first-order chi connectivity index (χ1) is 9.86. The van der Waals surface area contributed by atoms with Crippen LogP contribution in [0.2, 0.25) is 0 Å². The Hall–Kier alpha value is -2.00. The Kier molecular flexibility index (Phi) is 2.67. The van der Waals surface area contributed by atoms with Crippen molar-refractivity contribution in [3.63, 3.8) is 0 Å². The van der Waals surface area contributed by atoms with E-state index in [1.54, 1.807) is 0 Å². The average Bonchev–Trinajstić information content (AvgIpc) is 2.84. The van der Waals surface area contributed by atoms with E-state index in [1.807, 2.05) is 24.5 Å². The van der Waals surface area contributed by atoms with Gasteiger partial charge in [-0.2, -0.15) is 0 Å². The lowest BCUT2D eigenvalue weighted by molar-refractivity contribution is 0.345. The topological polar surface area (TPSA) is 29.0 Å². The van der Waals surface area contributed by atoms with Gasteiger partial charge < -0.3 is 0 Å². The molecule has 20 heavy (non-hydrogen) atoms. The summed E-state index contributed by atoms with van der Waals surface area (Å²) in [4.78, 5) is 11.2. The van der Waals surface area contributed by atoms with Crippen LogP contribution in [0.5, 0.6) is 0 Å². The zero-order chi connectivity index (χ0) is 13.4. The first kappa shape index (κ1) is 11.8. The largest absolute Gasteiger partial charge is 0.298 e. The van der Waals surface area contributed by atoms with E-state index in [0.717, 1.165) is 24.3 Å². The van der Waals surface area contributed by atoms with Crippen LogP contribution in [-0.4, -0.2) is 34.5 Å². The molecular weight excluding hydrogens is 246 g/mol. The van der Waals surface area contributed by atoms with Gasteiger partial charge in [0.1, 0.15) is 0 Å². The van der Waals surface area contributed by atoms with Crippen LogP contribution in [0.15, 0.2) is 55.0 Å². The van der Waals surface area contributed by atoms with Crippen molar-refractivity contribution in [1.29, 1.82) is 0 Å². The number of aromatic nitrogens is 2. The van der Waals surface area contributed by atoms with Gasteiger partial charge in [-0.3, -0.25) is 14.9 Å². The molecular formula is C17H17N3. The molecule has 2 aromatic heterocycles. The van der Waals surface area contributed by atoms with Gasteiger partial charge in [-0.05, 0) is 36.7 Å². The number of hydrogen-bond donors (Lipinski definition) is 0. The predicted molar refractivity (Wildman–Crippen MR) is 79.3 cm³/mol. The van der Waals surface area contributed by atoms with E-state index in [-0.39, 0.29) is 5.41 Å². The molecule has 4 heterocycles. The molecule has 4 rings (SSSR count). The Bertz CT molecular complexity index is 633. The Labute approximate surface area is 119 Å². The second-order valence-electron chi connectivity index (χ2n) is 5.71. The van der Waals surface area contributed by atoms with Gasteiger partial charge in [0.2, 0.25) is 0 Å². The van der Waals surface area contributed by atoms with Crippen molar-refractivity contribution in [2.75, 3.05) is 19.6 Å². The number of pyridine rings is 2. The molecule has 0 aromatic carbocycles. The van der Waals surface area contributed by atoms with Gasteiger partial charge in [0, 0.05) is 42.7 Å². The minimum Gasteiger partial charge on any atom is -0.298 e. The van der Waals surface area contributed by atoms with Crippen LogP contribution in [0.1, 0.15) is 12.0 Å². The van der Waals surface area contributed by atoms with Crippen molar-refractivity contribution in [3.05, 3.63) is 60.6 Å². The molecule has 1 fully saturated rings. The maximum Gasteiger partial charge on any atom is 0.0703 e. The second-order valence-corrected chi connectivity index (χ2v) is 5.71. The zero-order valence-corrected chi connectivity index (χ0v) is 11.4. The summed E-state index contributed by atoms with van der Waals surface area (Å²) in [5.41, 5.74) is 3.68. The zero-order valence-electron chi connectivity index (χ0n) is 11.4. The summed E-state index contributed by atoms with van der Waals surface area (Å²) < 4.78 is 0. The van der Waals surface area contributed by atoms with Crippen molar-refractivity contribution in [2.24, 2.45) is 0 Å². The van der Waals surface area contributed by atoms with Gasteiger partial charge in [-0.15, -0.1) is 0 Å². The van der Waals surface area contributed by atoms with Crippen LogP contribution in [0.4, 0.5) is 0 Å². The molecule has 2 bridgehead atoms. The van der Waals surface area contributed by atoms with Crippen molar-refractivity contribution in [1.82, 2.24) is 14.9 Å². The molecule has 0 spiro atoms. The van der Waals surface area contributed by atoms with Crippen LogP contribution in [-0.2, 0) is 5.41 Å². The maximum absolute atomic E-state index is 4.66. The molecule has 3 heteroatoms. The highest BCUT2D eigenvalue weighted by Crippen LogP contribution is 2.38. The van der Waals surface area contributed by atoms with Crippen LogP contribution in [0.3, 0.4) is 0 Å². The maximum atomic E-state index is 4.66. The summed E-state index contributed by atoms with van der Waals surface area (Å²) in [7, 11) is 0. The Morgan fingerprint density at radius 2 is 2.00 bits per heavy atom. The van der Waals surface area contributed by atoms with Crippen LogP contribution in [0, 0.1) is 0 Å². The molecule has 1 saturated heterocycles. The van der Waals surface area contributed by atoms with Gasteiger partial charge in [0.15, 0.2) is 0 Å². The van der Waals surface area contributed by atoms with E-state index >= 15 is 0 Å². The summed E-state index contributed by atoms with van der Waals surface area (Å²) in [6, 6.07) is 8.36. The Balaban J connectivity index is 1.68. The molecule has 0 amide bonds. The molecule has 100 valence electrons. The van der Waals surface area contributed by atoms with Gasteiger partial charge in [-0.25, -0.2) is 0 Å². The van der Waals surface area contributed by atoms with Gasteiger partial charge >= 0.3 is 0 Å².